The van der Waals surface area contributed by atoms with Crippen LogP contribution in [0.4, 0.5) is 19.4 Å². The van der Waals surface area contributed by atoms with Gasteiger partial charge in [0.25, 0.3) is 0 Å². The third kappa shape index (κ3) is 5.33. The predicted molar refractivity (Wildman–Crippen MR) is 60.2 cm³/mol. The average Bonchev–Trinajstić information content (AvgIpc) is 2.21. The maximum absolute atomic E-state index is 12.4. The minimum Gasteiger partial charge on any atom is -0.494 e. The molecule has 0 aliphatic carbocycles. The van der Waals surface area contributed by atoms with Gasteiger partial charge in [-0.25, -0.2) is 0 Å². The topological polar surface area (TPSA) is 46.5 Å². The highest BCUT2D eigenvalue weighted by Gasteiger charge is 2.65. The van der Waals surface area contributed by atoms with Crippen LogP contribution in [0, 0.1) is 0 Å². The van der Waals surface area contributed by atoms with Crippen molar-refractivity contribution < 1.29 is 34.1 Å². The molecule has 0 bridgehead atoms. The van der Waals surface area contributed by atoms with E-state index in [9.17, 15) is 24.2 Å². The lowest BCUT2D eigenvalue weighted by Crippen LogP contribution is -2.06. The molecule has 0 spiro atoms. The summed E-state index contributed by atoms with van der Waals surface area (Å²) >= 11 is 0. The van der Waals surface area contributed by atoms with Crippen LogP contribution in [0.15, 0.2) is 29.2 Å². The van der Waals surface area contributed by atoms with Gasteiger partial charge in [-0.1, -0.05) is 19.4 Å². The average molecular weight is 306 g/mol. The van der Waals surface area contributed by atoms with Gasteiger partial charge in [0.05, 0.1) is 6.61 Å². The van der Waals surface area contributed by atoms with Crippen LogP contribution in [-0.2, 0) is 4.79 Å². The highest BCUT2D eigenvalue weighted by atomic mass is 32.5. The van der Waals surface area contributed by atoms with Gasteiger partial charge in [-0.05, 0) is 30.7 Å². The predicted octanol–water partition coefficient (Wildman–Crippen LogP) is 4.59. The molecule has 0 unspecified atom stereocenters. The minimum atomic E-state index is -9.64. The molecule has 1 N–H and O–H groups in total. The van der Waals surface area contributed by atoms with Crippen molar-refractivity contribution in [1.82, 2.24) is 0 Å². The van der Waals surface area contributed by atoms with E-state index in [1.807, 2.05) is 0 Å². The Balaban J connectivity index is 2.66. The van der Waals surface area contributed by atoms with E-state index in [0.29, 0.717) is 0 Å². The number of ether oxygens (including phenoxy) is 1. The molecule has 0 aliphatic rings. The van der Waals surface area contributed by atoms with Crippen molar-refractivity contribution >= 4 is 16.2 Å². The van der Waals surface area contributed by atoms with Crippen molar-refractivity contribution in [3.63, 3.8) is 0 Å². The summed E-state index contributed by atoms with van der Waals surface area (Å²) in [6, 6.07) is 2.03. The van der Waals surface area contributed by atoms with Gasteiger partial charge >= 0.3 is 16.2 Å². The Morgan fingerprint density at radius 3 is 2.05 bits per heavy atom. The molecular weight excluding hydrogens is 295 g/mol. The molecule has 110 valence electrons. The van der Waals surface area contributed by atoms with Gasteiger partial charge in [-0.2, -0.15) is 0 Å². The Labute approximate surface area is 105 Å². The Morgan fingerprint density at radius 2 is 1.63 bits per heavy atom. The second-order valence-corrected chi connectivity index (χ2v) is 6.20. The second-order valence-electron chi connectivity index (χ2n) is 3.79. The zero-order chi connectivity index (χ0) is 14.8. The normalized spacial score (nSPS) is 15.4. The van der Waals surface area contributed by atoms with Crippen molar-refractivity contribution in [3.8, 4) is 5.75 Å². The van der Waals surface area contributed by atoms with E-state index in [1.54, 1.807) is 0 Å². The Morgan fingerprint density at radius 1 is 1.11 bits per heavy atom. The van der Waals surface area contributed by atoms with Crippen LogP contribution >= 0.6 is 10.2 Å². The highest BCUT2D eigenvalue weighted by Crippen LogP contribution is 3.02. The molecular formula is C10H11F5O3S. The molecule has 0 amide bonds. The van der Waals surface area contributed by atoms with Crippen molar-refractivity contribution in [1.29, 1.82) is 0 Å². The van der Waals surface area contributed by atoms with Crippen LogP contribution in [0.2, 0.25) is 0 Å². The van der Waals surface area contributed by atoms with Gasteiger partial charge in [0, 0.05) is 6.42 Å². The van der Waals surface area contributed by atoms with Gasteiger partial charge < -0.3 is 9.84 Å². The lowest BCUT2D eigenvalue weighted by molar-refractivity contribution is -0.137. The summed E-state index contributed by atoms with van der Waals surface area (Å²) in [6.45, 7) is -0.0257. The minimum absolute atomic E-state index is 0.0257. The van der Waals surface area contributed by atoms with E-state index < -0.39 is 21.1 Å². The van der Waals surface area contributed by atoms with Crippen molar-refractivity contribution in [2.75, 3.05) is 6.61 Å². The smallest absolute Gasteiger partial charge is 0.310 e. The number of hydrogen-bond donors (Lipinski definition) is 1. The molecule has 0 aliphatic heterocycles. The number of aliphatic carboxylic acids is 1. The summed E-state index contributed by atoms with van der Waals surface area (Å²) in [5, 5.41) is 8.33. The zero-order valence-corrected chi connectivity index (χ0v) is 10.3. The molecule has 1 aromatic rings. The van der Waals surface area contributed by atoms with Crippen molar-refractivity contribution in [2.24, 2.45) is 0 Å². The molecule has 1 rings (SSSR count). The maximum Gasteiger partial charge on any atom is 0.310 e. The SMILES string of the molecule is O=C(O)CCCOc1ccc(S(F)(F)(F)(F)F)cc1. The van der Waals surface area contributed by atoms with Gasteiger partial charge in [-0.3, -0.25) is 4.79 Å². The summed E-state index contributed by atoms with van der Waals surface area (Å²) in [7, 11) is -9.64. The van der Waals surface area contributed by atoms with Crippen LogP contribution in [0.25, 0.3) is 0 Å². The van der Waals surface area contributed by atoms with Gasteiger partial charge in [0.2, 0.25) is 0 Å². The van der Waals surface area contributed by atoms with Crippen LogP contribution in [0.5, 0.6) is 5.75 Å². The number of carbonyl (C=O) groups is 1. The highest BCUT2D eigenvalue weighted by molar-refractivity contribution is 8.45. The summed E-state index contributed by atoms with van der Waals surface area (Å²) in [6.07, 6.45) is 0.0161. The third-order valence-electron chi connectivity index (χ3n) is 2.07. The molecule has 0 radical (unpaired) electrons. The largest absolute Gasteiger partial charge is 0.494 e. The summed E-state index contributed by atoms with van der Waals surface area (Å²) < 4.78 is 66.8. The first-order valence-corrected chi connectivity index (χ1v) is 7.02. The molecule has 0 aromatic heterocycles. The second kappa shape index (κ2) is 4.26. The molecule has 3 nitrogen and oxygen atoms in total. The first-order chi connectivity index (χ1) is 8.38. The van der Waals surface area contributed by atoms with Crippen molar-refractivity contribution in [3.05, 3.63) is 24.3 Å². The molecule has 0 fully saturated rings. The molecule has 19 heavy (non-hydrogen) atoms. The molecule has 0 saturated heterocycles. The summed E-state index contributed by atoms with van der Waals surface area (Å²) in [5.74, 6) is -1.06. The number of rotatable bonds is 6. The number of halogens is 5. The number of hydrogen-bond acceptors (Lipinski definition) is 2. The lowest BCUT2D eigenvalue weighted by atomic mass is 10.3. The van der Waals surface area contributed by atoms with Crippen LogP contribution in [-0.4, -0.2) is 17.7 Å². The zero-order valence-electron chi connectivity index (χ0n) is 9.49. The van der Waals surface area contributed by atoms with Gasteiger partial charge in [0.15, 0.2) is 0 Å². The Hall–Kier alpha value is -1.51. The fourth-order valence-electron chi connectivity index (χ4n) is 1.21. The number of carboxylic acids is 1. The molecule has 0 heterocycles. The summed E-state index contributed by atoms with van der Waals surface area (Å²) in [4.78, 5) is 8.19. The van der Waals surface area contributed by atoms with E-state index in [1.165, 1.54) is 0 Å². The molecule has 1 aromatic carbocycles. The fourth-order valence-corrected chi connectivity index (χ4v) is 1.86. The quantitative estimate of drug-likeness (QED) is 0.618. The van der Waals surface area contributed by atoms with Crippen LogP contribution < -0.4 is 4.74 Å². The Bertz CT molecular complexity index is 468. The molecule has 9 heteroatoms. The fraction of sp³-hybridized carbons (Fsp3) is 0.300. The number of carboxylic acid groups (broad SMARTS) is 1. The monoisotopic (exact) mass is 306 g/mol. The van der Waals surface area contributed by atoms with Gasteiger partial charge in [-0.15, -0.1) is 0 Å². The van der Waals surface area contributed by atoms with E-state index in [2.05, 4.69) is 0 Å². The van der Waals surface area contributed by atoms with Crippen LogP contribution in [0.3, 0.4) is 0 Å². The first kappa shape index (κ1) is 15.5. The molecule has 0 saturated carbocycles. The van der Waals surface area contributed by atoms with Crippen molar-refractivity contribution in [2.45, 2.75) is 17.7 Å². The third-order valence-corrected chi connectivity index (χ3v) is 3.24. The summed E-state index contributed by atoms with van der Waals surface area (Å²) in [5.41, 5.74) is 0. The lowest BCUT2D eigenvalue weighted by Gasteiger charge is -2.40. The van der Waals surface area contributed by atoms with E-state index in [-0.39, 0.29) is 37.3 Å². The maximum atomic E-state index is 12.4. The van der Waals surface area contributed by atoms with Gasteiger partial charge in [0.1, 0.15) is 10.6 Å². The standard InChI is InChI=1S/C10H11F5O3S/c11-19(12,13,14,15)9-5-3-8(4-6-9)18-7-1-2-10(16)17/h3-6H,1-2,7H2,(H,16,17). The van der Waals surface area contributed by atoms with E-state index >= 15 is 0 Å². The first-order valence-electron chi connectivity index (χ1n) is 5.07. The van der Waals surface area contributed by atoms with E-state index in [4.69, 9.17) is 9.84 Å². The number of benzene rings is 1. The van der Waals surface area contributed by atoms with E-state index in [0.717, 1.165) is 12.1 Å². The Kier molecular flexibility index (Phi) is 3.48. The molecule has 0 atom stereocenters. The van der Waals surface area contributed by atoms with Crippen LogP contribution in [0.1, 0.15) is 12.8 Å².